The fourth-order valence-corrected chi connectivity index (χ4v) is 2.69. The highest BCUT2D eigenvalue weighted by Crippen LogP contribution is 2.12. The smallest absolute Gasteiger partial charge is 0.291 e. The second-order valence-electron chi connectivity index (χ2n) is 6.64. The number of aryl methyl sites for hydroxylation is 1. The summed E-state index contributed by atoms with van der Waals surface area (Å²) < 4.78 is 10.8. The van der Waals surface area contributed by atoms with Gasteiger partial charge in [0.2, 0.25) is 0 Å². The number of ether oxygens (including phenoxy) is 1. The molecule has 0 fully saturated rings. The molecular weight excluding hydrogens is 507 g/mol. The van der Waals surface area contributed by atoms with E-state index in [2.05, 4.69) is 20.9 Å². The molecule has 164 valence electrons. The van der Waals surface area contributed by atoms with E-state index in [1.165, 1.54) is 11.8 Å². The monoisotopic (exact) mass is 534 g/mol. The van der Waals surface area contributed by atoms with Crippen LogP contribution in [0.5, 0.6) is 5.75 Å². The van der Waals surface area contributed by atoms with Crippen molar-refractivity contribution in [2.24, 2.45) is 4.99 Å². The number of rotatable bonds is 8. The summed E-state index contributed by atoms with van der Waals surface area (Å²) in [6.45, 7) is 3.82. The molecule has 2 aromatic carbocycles. The van der Waals surface area contributed by atoms with Crippen molar-refractivity contribution < 1.29 is 13.9 Å². The molecule has 3 rings (SSSR count). The van der Waals surface area contributed by atoms with Gasteiger partial charge < -0.3 is 25.1 Å². The van der Waals surface area contributed by atoms with Crippen molar-refractivity contribution in [1.82, 2.24) is 10.6 Å². The van der Waals surface area contributed by atoms with Gasteiger partial charge >= 0.3 is 0 Å². The maximum absolute atomic E-state index is 12.0. The molecule has 0 spiro atoms. The second-order valence-corrected chi connectivity index (χ2v) is 6.64. The molecule has 0 saturated carbocycles. The number of aliphatic imine (C=N–C) groups is 1. The van der Waals surface area contributed by atoms with E-state index in [4.69, 9.17) is 9.15 Å². The number of hydrogen-bond acceptors (Lipinski definition) is 4. The van der Waals surface area contributed by atoms with E-state index < -0.39 is 0 Å². The molecule has 3 N–H and O–H groups in total. The molecule has 7 nitrogen and oxygen atoms in total. The Morgan fingerprint density at radius 1 is 1.03 bits per heavy atom. The SMILES string of the molecule is CN=C(NCCOc1ccc(C)cc1)NCc1ccc(NC(=O)c2ccco2)cc1.I. The first-order valence-corrected chi connectivity index (χ1v) is 9.72. The third-order valence-corrected chi connectivity index (χ3v) is 4.32. The Morgan fingerprint density at radius 2 is 1.77 bits per heavy atom. The molecule has 0 aliphatic carbocycles. The summed E-state index contributed by atoms with van der Waals surface area (Å²) in [6.07, 6.45) is 1.47. The minimum absolute atomic E-state index is 0. The molecular formula is C23H27IN4O3. The average molecular weight is 534 g/mol. The van der Waals surface area contributed by atoms with Gasteiger partial charge in [-0.3, -0.25) is 9.79 Å². The van der Waals surface area contributed by atoms with E-state index in [1.807, 2.05) is 55.5 Å². The lowest BCUT2D eigenvalue weighted by Gasteiger charge is -2.13. The molecule has 3 aromatic rings. The fourth-order valence-electron chi connectivity index (χ4n) is 2.69. The molecule has 8 heteroatoms. The molecule has 0 bridgehead atoms. The van der Waals surface area contributed by atoms with Gasteiger partial charge in [0.15, 0.2) is 11.7 Å². The number of carbonyl (C=O) groups is 1. The highest BCUT2D eigenvalue weighted by molar-refractivity contribution is 14.0. The summed E-state index contributed by atoms with van der Waals surface area (Å²) >= 11 is 0. The average Bonchev–Trinajstić information content (AvgIpc) is 3.31. The van der Waals surface area contributed by atoms with Crippen LogP contribution in [0.25, 0.3) is 0 Å². The Hall–Kier alpha value is -3.01. The molecule has 0 atom stereocenters. The molecule has 1 aromatic heterocycles. The highest BCUT2D eigenvalue weighted by atomic mass is 127. The van der Waals surface area contributed by atoms with Gasteiger partial charge in [0.05, 0.1) is 12.8 Å². The fraction of sp³-hybridized carbons (Fsp3) is 0.217. The zero-order valence-corrected chi connectivity index (χ0v) is 19.9. The Kier molecular flexibility index (Phi) is 9.89. The standard InChI is InChI=1S/C23H26N4O3.HI/c1-17-5-11-20(12-6-17)29-15-13-25-23(24-2)26-16-18-7-9-19(10-8-18)27-22(28)21-4-3-14-30-21;/h3-12,14H,13,15-16H2,1-2H3,(H,27,28)(H2,24,25,26);1H. The summed E-state index contributed by atoms with van der Waals surface area (Å²) in [4.78, 5) is 16.2. The number of guanidine groups is 1. The van der Waals surface area contributed by atoms with Crippen LogP contribution in [-0.2, 0) is 6.54 Å². The van der Waals surface area contributed by atoms with Crippen LogP contribution in [0.4, 0.5) is 5.69 Å². The largest absolute Gasteiger partial charge is 0.492 e. The van der Waals surface area contributed by atoms with Gasteiger partial charge in [-0.1, -0.05) is 29.8 Å². The lowest BCUT2D eigenvalue weighted by atomic mass is 10.2. The number of furan rings is 1. The molecule has 31 heavy (non-hydrogen) atoms. The van der Waals surface area contributed by atoms with Crippen LogP contribution < -0.4 is 20.7 Å². The molecule has 0 saturated heterocycles. The van der Waals surface area contributed by atoms with Crippen molar-refractivity contribution in [3.05, 3.63) is 83.8 Å². The van der Waals surface area contributed by atoms with Crippen molar-refractivity contribution >= 4 is 41.5 Å². The summed E-state index contributed by atoms with van der Waals surface area (Å²) in [7, 11) is 1.73. The van der Waals surface area contributed by atoms with Crippen LogP contribution in [0.2, 0.25) is 0 Å². The first kappa shape index (κ1) is 24.3. The molecule has 0 unspecified atom stereocenters. The lowest BCUT2D eigenvalue weighted by molar-refractivity contribution is 0.0996. The van der Waals surface area contributed by atoms with E-state index in [9.17, 15) is 4.79 Å². The van der Waals surface area contributed by atoms with Gasteiger partial charge in [-0.05, 0) is 48.9 Å². The zero-order chi connectivity index (χ0) is 21.2. The summed E-state index contributed by atoms with van der Waals surface area (Å²) in [6, 6.07) is 18.9. The molecule has 0 radical (unpaired) electrons. The zero-order valence-electron chi connectivity index (χ0n) is 17.6. The number of anilines is 1. The van der Waals surface area contributed by atoms with Gasteiger partial charge in [-0.2, -0.15) is 0 Å². The summed E-state index contributed by atoms with van der Waals surface area (Å²) in [5.41, 5.74) is 2.97. The number of carbonyl (C=O) groups excluding carboxylic acids is 1. The predicted molar refractivity (Wildman–Crippen MR) is 133 cm³/mol. The van der Waals surface area contributed by atoms with Gasteiger partial charge in [0.25, 0.3) is 5.91 Å². The van der Waals surface area contributed by atoms with Crippen molar-refractivity contribution in [1.29, 1.82) is 0 Å². The minimum Gasteiger partial charge on any atom is -0.492 e. The predicted octanol–water partition coefficient (Wildman–Crippen LogP) is 4.20. The number of benzene rings is 2. The molecule has 1 amide bonds. The van der Waals surface area contributed by atoms with Crippen molar-refractivity contribution in [2.75, 3.05) is 25.5 Å². The van der Waals surface area contributed by atoms with Gasteiger partial charge in [-0.25, -0.2) is 0 Å². The maximum atomic E-state index is 12.0. The van der Waals surface area contributed by atoms with Crippen molar-refractivity contribution in [2.45, 2.75) is 13.5 Å². The maximum Gasteiger partial charge on any atom is 0.291 e. The van der Waals surface area contributed by atoms with Crippen LogP contribution in [0, 0.1) is 6.92 Å². The van der Waals surface area contributed by atoms with E-state index in [0.29, 0.717) is 31.3 Å². The van der Waals surface area contributed by atoms with E-state index >= 15 is 0 Å². The number of nitrogens with one attached hydrogen (secondary N) is 3. The van der Waals surface area contributed by atoms with E-state index in [1.54, 1.807) is 19.2 Å². The molecule has 0 aliphatic heterocycles. The second kappa shape index (κ2) is 12.6. The molecule has 1 heterocycles. The van der Waals surface area contributed by atoms with Gasteiger partial charge in [-0.15, -0.1) is 24.0 Å². The van der Waals surface area contributed by atoms with Gasteiger partial charge in [0.1, 0.15) is 12.4 Å². The van der Waals surface area contributed by atoms with Crippen LogP contribution in [0.1, 0.15) is 21.7 Å². The third-order valence-electron chi connectivity index (χ3n) is 4.32. The Labute approximate surface area is 199 Å². The Bertz CT molecular complexity index is 956. The Balaban J connectivity index is 0.00000341. The van der Waals surface area contributed by atoms with Crippen molar-refractivity contribution in [3.8, 4) is 5.75 Å². The van der Waals surface area contributed by atoms with Crippen LogP contribution in [0.3, 0.4) is 0 Å². The number of nitrogens with zero attached hydrogens (tertiary/aromatic N) is 1. The third kappa shape index (κ3) is 7.97. The summed E-state index contributed by atoms with van der Waals surface area (Å²) in [5.74, 6) is 1.55. The van der Waals surface area contributed by atoms with E-state index in [-0.39, 0.29) is 35.6 Å². The number of amides is 1. The van der Waals surface area contributed by atoms with E-state index in [0.717, 1.165) is 11.3 Å². The lowest BCUT2D eigenvalue weighted by Crippen LogP contribution is -2.38. The first-order valence-electron chi connectivity index (χ1n) is 9.72. The minimum atomic E-state index is -0.275. The normalized spacial score (nSPS) is 10.7. The Morgan fingerprint density at radius 3 is 2.42 bits per heavy atom. The van der Waals surface area contributed by atoms with Crippen LogP contribution >= 0.6 is 24.0 Å². The summed E-state index contributed by atoms with van der Waals surface area (Å²) in [5, 5.41) is 9.27. The topological polar surface area (TPSA) is 87.9 Å². The first-order chi connectivity index (χ1) is 14.6. The quantitative estimate of drug-likeness (QED) is 0.175. The van der Waals surface area contributed by atoms with Crippen LogP contribution in [0.15, 0.2) is 76.3 Å². The number of hydrogen-bond donors (Lipinski definition) is 3. The number of halogens is 1. The van der Waals surface area contributed by atoms with Crippen LogP contribution in [-0.4, -0.2) is 32.1 Å². The molecule has 0 aliphatic rings. The van der Waals surface area contributed by atoms with Gasteiger partial charge in [0, 0.05) is 19.3 Å². The van der Waals surface area contributed by atoms with Crippen molar-refractivity contribution in [3.63, 3.8) is 0 Å². The highest BCUT2D eigenvalue weighted by Gasteiger charge is 2.08.